The van der Waals surface area contributed by atoms with Crippen molar-refractivity contribution in [2.75, 3.05) is 13.1 Å². The lowest BCUT2D eigenvalue weighted by molar-refractivity contribution is 0.141. The van der Waals surface area contributed by atoms with Crippen molar-refractivity contribution in [3.63, 3.8) is 0 Å². The van der Waals surface area contributed by atoms with E-state index in [0.29, 0.717) is 13.1 Å². The smallest absolute Gasteiger partial charge is 0.419 e. The Bertz CT molecular complexity index is 222. The molecule has 0 radical (unpaired) electrons. The quantitative estimate of drug-likeness (QED) is 0.595. The summed E-state index contributed by atoms with van der Waals surface area (Å²) in [6.45, 7) is 0.592. The van der Waals surface area contributed by atoms with E-state index in [4.69, 9.17) is 15.6 Å². The number of nitrogens with one attached hydrogen (secondary N) is 1. The molecule has 0 unspecified atom stereocenters. The van der Waals surface area contributed by atoms with Crippen molar-refractivity contribution in [2.24, 2.45) is 0 Å². The highest BCUT2D eigenvalue weighted by atomic mass is 16.4. The molecular weight excluding hydrogens is 172 g/mol. The zero-order valence-electron chi connectivity index (χ0n) is 7.03. The molecule has 0 aliphatic heterocycles. The lowest BCUT2D eigenvalue weighted by atomic mass is 10.4. The number of hydrogen-bond acceptors (Lipinski definition) is 4. The van der Waals surface area contributed by atoms with E-state index in [2.05, 4.69) is 5.43 Å². The van der Waals surface area contributed by atoms with Crippen molar-refractivity contribution in [2.45, 2.75) is 12.8 Å². The third-order valence-corrected chi connectivity index (χ3v) is 1.24. The molecule has 0 aromatic carbocycles. The number of carboxylic acid groups (broad SMARTS) is 1. The first-order chi connectivity index (χ1) is 6.20. The molecule has 0 aromatic rings. The van der Waals surface area contributed by atoms with Crippen LogP contribution >= 0.6 is 0 Å². The van der Waals surface area contributed by atoms with Crippen LogP contribution in [0.1, 0.15) is 12.8 Å². The van der Waals surface area contributed by atoms with Crippen LogP contribution in [-0.4, -0.2) is 29.3 Å². The summed E-state index contributed by atoms with van der Waals surface area (Å²) in [6.07, 6.45) is -0.729. The Kier molecular flexibility index (Phi) is 5.94. The van der Waals surface area contributed by atoms with Crippen LogP contribution in [0.15, 0.2) is 0 Å². The average molecular weight is 182 g/mol. The number of hydrogen-bond donors (Lipinski definition) is 2. The zero-order valence-corrected chi connectivity index (χ0v) is 7.03. The number of hydrazine groups is 1. The van der Waals surface area contributed by atoms with Gasteiger partial charge < -0.3 is 5.11 Å². The van der Waals surface area contributed by atoms with Crippen LogP contribution in [0.2, 0.25) is 0 Å². The minimum atomic E-state index is -1.18. The minimum absolute atomic E-state index is 0.228. The van der Waals surface area contributed by atoms with Crippen molar-refractivity contribution in [1.82, 2.24) is 10.4 Å². The molecule has 0 atom stereocenters. The Balaban J connectivity index is 3.82. The van der Waals surface area contributed by atoms with Crippen molar-refractivity contribution in [3.8, 4) is 12.1 Å². The lowest BCUT2D eigenvalue weighted by Crippen LogP contribution is -2.42. The average Bonchev–Trinajstić information content (AvgIpc) is 2.09. The molecule has 1 amide bonds. The van der Waals surface area contributed by atoms with Gasteiger partial charge in [0.2, 0.25) is 0 Å². The van der Waals surface area contributed by atoms with E-state index < -0.39 is 6.09 Å². The fourth-order valence-corrected chi connectivity index (χ4v) is 0.729. The monoisotopic (exact) mass is 182 g/mol. The van der Waals surface area contributed by atoms with Crippen LogP contribution in [0.25, 0.3) is 0 Å². The van der Waals surface area contributed by atoms with Crippen molar-refractivity contribution in [3.05, 3.63) is 0 Å². The van der Waals surface area contributed by atoms with E-state index in [-0.39, 0.29) is 12.8 Å². The molecule has 2 N–H and O–H groups in total. The van der Waals surface area contributed by atoms with Gasteiger partial charge in [-0.1, -0.05) is 0 Å². The molecule has 0 heterocycles. The van der Waals surface area contributed by atoms with Crippen molar-refractivity contribution in [1.29, 1.82) is 10.5 Å². The fourth-order valence-electron chi connectivity index (χ4n) is 0.729. The number of nitrogens with zero attached hydrogens (tertiary/aromatic N) is 3. The van der Waals surface area contributed by atoms with Gasteiger partial charge in [-0.2, -0.15) is 10.5 Å². The highest BCUT2D eigenvalue weighted by molar-refractivity contribution is 5.63. The van der Waals surface area contributed by atoms with E-state index in [9.17, 15) is 4.79 Å². The van der Waals surface area contributed by atoms with Gasteiger partial charge in [0.25, 0.3) is 0 Å². The molecule has 0 aliphatic rings. The SMILES string of the molecule is N#CCCN(CCC#N)NC(=O)O. The lowest BCUT2D eigenvalue weighted by Gasteiger charge is -2.18. The van der Waals surface area contributed by atoms with E-state index in [0.717, 1.165) is 0 Å². The molecule has 0 aromatic heterocycles. The molecular formula is C7H10N4O2. The number of amides is 1. The largest absolute Gasteiger partial charge is 0.464 e. The first-order valence-electron chi connectivity index (χ1n) is 3.69. The highest BCUT2D eigenvalue weighted by Crippen LogP contribution is 1.89. The summed E-state index contributed by atoms with van der Waals surface area (Å²) in [5, 5.41) is 26.2. The molecule has 70 valence electrons. The number of carbonyl (C=O) groups is 1. The van der Waals surface area contributed by atoms with E-state index >= 15 is 0 Å². The van der Waals surface area contributed by atoms with Gasteiger partial charge in [0, 0.05) is 25.9 Å². The Morgan fingerprint density at radius 2 is 1.77 bits per heavy atom. The summed E-state index contributed by atoms with van der Waals surface area (Å²) in [5.41, 5.74) is 2.10. The molecule has 13 heavy (non-hydrogen) atoms. The maximum absolute atomic E-state index is 10.2. The van der Waals surface area contributed by atoms with Gasteiger partial charge in [0.15, 0.2) is 0 Å². The fraction of sp³-hybridized carbons (Fsp3) is 0.571. The van der Waals surface area contributed by atoms with Gasteiger partial charge in [-0.05, 0) is 0 Å². The Morgan fingerprint density at radius 1 is 1.31 bits per heavy atom. The topological polar surface area (TPSA) is 100 Å². The molecule has 0 bridgehead atoms. The third-order valence-electron chi connectivity index (χ3n) is 1.24. The predicted molar refractivity (Wildman–Crippen MR) is 43.2 cm³/mol. The normalized spacial score (nSPS) is 8.85. The molecule has 0 fully saturated rings. The molecule has 6 nitrogen and oxygen atoms in total. The minimum Gasteiger partial charge on any atom is -0.464 e. The second-order valence-electron chi connectivity index (χ2n) is 2.22. The summed E-state index contributed by atoms with van der Waals surface area (Å²) in [6, 6.07) is 3.78. The maximum atomic E-state index is 10.2. The van der Waals surface area contributed by atoms with Crippen LogP contribution in [-0.2, 0) is 0 Å². The van der Waals surface area contributed by atoms with Gasteiger partial charge in [-0.25, -0.2) is 9.80 Å². The summed E-state index contributed by atoms with van der Waals surface area (Å²) < 4.78 is 0. The molecule has 0 saturated heterocycles. The summed E-state index contributed by atoms with van der Waals surface area (Å²) >= 11 is 0. The van der Waals surface area contributed by atoms with Crippen LogP contribution in [0.5, 0.6) is 0 Å². The van der Waals surface area contributed by atoms with Crippen molar-refractivity contribution < 1.29 is 9.90 Å². The third kappa shape index (κ3) is 6.60. The molecule has 0 rings (SSSR count). The van der Waals surface area contributed by atoms with Gasteiger partial charge in [0.1, 0.15) is 0 Å². The molecule has 0 aliphatic carbocycles. The highest BCUT2D eigenvalue weighted by Gasteiger charge is 2.06. The van der Waals surface area contributed by atoms with Gasteiger partial charge in [-0.3, -0.25) is 5.43 Å². The number of rotatable bonds is 5. The van der Waals surface area contributed by atoms with Crippen LogP contribution < -0.4 is 5.43 Å². The second-order valence-corrected chi connectivity index (χ2v) is 2.22. The van der Waals surface area contributed by atoms with E-state index in [1.165, 1.54) is 5.01 Å². The van der Waals surface area contributed by atoms with Crippen molar-refractivity contribution >= 4 is 6.09 Å². The number of nitriles is 2. The van der Waals surface area contributed by atoms with E-state index in [1.54, 1.807) is 0 Å². The van der Waals surface area contributed by atoms with Gasteiger partial charge in [-0.15, -0.1) is 0 Å². The Morgan fingerprint density at radius 3 is 2.08 bits per heavy atom. The van der Waals surface area contributed by atoms with Crippen LogP contribution in [0.4, 0.5) is 4.79 Å². The molecule has 0 spiro atoms. The summed E-state index contributed by atoms with van der Waals surface area (Å²) in [7, 11) is 0. The standard InChI is InChI=1S/C7H10N4O2/c8-3-1-5-11(6-2-4-9)10-7(12)13/h10H,1-2,5-6H2,(H,12,13). The van der Waals surface area contributed by atoms with E-state index in [1.807, 2.05) is 12.1 Å². The first-order valence-corrected chi connectivity index (χ1v) is 3.69. The summed E-state index contributed by atoms with van der Waals surface area (Å²) in [5.74, 6) is 0. The zero-order chi connectivity index (χ0) is 10.1. The van der Waals surface area contributed by atoms with Gasteiger partial charge >= 0.3 is 6.09 Å². The molecule has 6 heteroatoms. The predicted octanol–water partition coefficient (Wildman–Crippen LogP) is 0.298. The van der Waals surface area contributed by atoms with Crippen LogP contribution in [0, 0.1) is 22.7 Å². The molecule has 0 saturated carbocycles. The van der Waals surface area contributed by atoms with Crippen LogP contribution in [0.3, 0.4) is 0 Å². The Hall–Kier alpha value is -1.79. The van der Waals surface area contributed by atoms with Gasteiger partial charge in [0.05, 0.1) is 12.1 Å². The summed E-state index contributed by atoms with van der Waals surface area (Å²) in [4.78, 5) is 10.2. The second kappa shape index (κ2) is 6.89. The Labute approximate surface area is 75.9 Å². The maximum Gasteiger partial charge on any atom is 0.419 e. The first kappa shape index (κ1) is 11.2.